The van der Waals surface area contributed by atoms with Gasteiger partial charge in [-0.25, -0.2) is 0 Å². The maximum atomic E-state index is 12.9. The molecule has 4 nitrogen and oxygen atoms in total. The Balaban J connectivity index is 3.06. The van der Waals surface area contributed by atoms with Crippen molar-refractivity contribution in [3.63, 3.8) is 0 Å². The first-order chi connectivity index (χ1) is 9.70. The number of alkyl halides is 3. The summed E-state index contributed by atoms with van der Waals surface area (Å²) in [6, 6.07) is 3.32. The zero-order chi connectivity index (χ0) is 16.2. The van der Waals surface area contributed by atoms with Gasteiger partial charge >= 0.3 is 6.18 Å². The molecule has 3 N–H and O–H groups in total. The summed E-state index contributed by atoms with van der Waals surface area (Å²) in [6.45, 7) is 4.46. The Bertz CT molecular complexity index is 503. The molecule has 1 aromatic rings. The summed E-state index contributed by atoms with van der Waals surface area (Å²) < 4.78 is 38.8. The van der Waals surface area contributed by atoms with E-state index >= 15 is 0 Å². The Morgan fingerprint density at radius 1 is 1.43 bits per heavy atom. The Hall–Kier alpha value is -1.76. The van der Waals surface area contributed by atoms with Crippen LogP contribution in [0.3, 0.4) is 0 Å². The number of nitrogens with two attached hydrogens (primary N) is 1. The van der Waals surface area contributed by atoms with Crippen LogP contribution in [0.25, 0.3) is 0 Å². The van der Waals surface area contributed by atoms with Crippen LogP contribution in [-0.4, -0.2) is 24.4 Å². The number of hydrazine groups is 1. The van der Waals surface area contributed by atoms with Gasteiger partial charge in [0, 0.05) is 19.2 Å². The quantitative estimate of drug-likeness (QED) is 0.649. The molecule has 0 saturated carbocycles. The van der Waals surface area contributed by atoms with Gasteiger partial charge < -0.3 is 10.3 Å². The Labute approximate surface area is 122 Å². The number of halogens is 3. The minimum Gasteiger partial charge on any atom is -0.341 e. The van der Waals surface area contributed by atoms with Crippen molar-refractivity contribution >= 4 is 11.6 Å². The van der Waals surface area contributed by atoms with Gasteiger partial charge in [-0.1, -0.05) is 20.3 Å². The lowest BCUT2D eigenvalue weighted by Crippen LogP contribution is -2.31. The number of rotatable bonds is 5. The van der Waals surface area contributed by atoms with Crippen LogP contribution in [0.1, 0.15) is 36.2 Å². The fourth-order valence-electron chi connectivity index (χ4n) is 1.94. The van der Waals surface area contributed by atoms with Crippen LogP contribution in [0.2, 0.25) is 0 Å². The summed E-state index contributed by atoms with van der Waals surface area (Å²) in [7, 11) is 1.58. The van der Waals surface area contributed by atoms with Gasteiger partial charge in [0.15, 0.2) is 0 Å². The molecule has 1 atom stereocenters. The van der Waals surface area contributed by atoms with Gasteiger partial charge in [-0.3, -0.25) is 10.6 Å². The molecule has 118 valence electrons. The van der Waals surface area contributed by atoms with Crippen LogP contribution in [0.4, 0.5) is 18.9 Å². The van der Waals surface area contributed by atoms with Crippen LogP contribution in [0.15, 0.2) is 18.2 Å². The first-order valence-corrected chi connectivity index (χ1v) is 6.64. The van der Waals surface area contributed by atoms with Crippen molar-refractivity contribution in [3.05, 3.63) is 29.3 Å². The predicted octanol–water partition coefficient (Wildman–Crippen LogP) is 3.11. The van der Waals surface area contributed by atoms with Gasteiger partial charge in [0.1, 0.15) is 0 Å². The largest absolute Gasteiger partial charge is 0.418 e. The average molecular weight is 303 g/mol. The number of nitrogen functional groups attached to an aromatic ring is 1. The highest BCUT2D eigenvalue weighted by Gasteiger charge is 2.34. The third kappa shape index (κ3) is 4.35. The third-order valence-electron chi connectivity index (χ3n) is 3.36. The Morgan fingerprint density at radius 2 is 2.05 bits per heavy atom. The van der Waals surface area contributed by atoms with Gasteiger partial charge in [-0.05, 0) is 24.1 Å². The van der Waals surface area contributed by atoms with Crippen molar-refractivity contribution in [1.29, 1.82) is 0 Å². The fraction of sp³-hybridized carbons (Fsp3) is 0.500. The Kier molecular flexibility index (Phi) is 5.60. The average Bonchev–Trinajstić information content (AvgIpc) is 2.44. The monoisotopic (exact) mass is 303 g/mol. The minimum atomic E-state index is -4.58. The topological polar surface area (TPSA) is 58.4 Å². The number of hydrogen-bond acceptors (Lipinski definition) is 3. The molecule has 0 saturated heterocycles. The molecule has 21 heavy (non-hydrogen) atoms. The van der Waals surface area contributed by atoms with Gasteiger partial charge in [-0.15, -0.1) is 0 Å². The molecule has 0 aliphatic heterocycles. The van der Waals surface area contributed by atoms with Crippen LogP contribution in [0, 0.1) is 5.92 Å². The van der Waals surface area contributed by atoms with Crippen molar-refractivity contribution < 1.29 is 18.0 Å². The van der Waals surface area contributed by atoms with Gasteiger partial charge in [0.05, 0.1) is 11.3 Å². The molecule has 0 aliphatic carbocycles. The van der Waals surface area contributed by atoms with Gasteiger partial charge in [-0.2, -0.15) is 13.2 Å². The summed E-state index contributed by atoms with van der Waals surface area (Å²) >= 11 is 0. The maximum Gasteiger partial charge on any atom is 0.418 e. The van der Waals surface area contributed by atoms with Crippen molar-refractivity contribution in [3.8, 4) is 0 Å². The lowest BCUT2D eigenvalue weighted by atomic mass is 10.1. The highest BCUT2D eigenvalue weighted by molar-refractivity contribution is 5.94. The number of nitrogens with zero attached hydrogens (tertiary/aromatic N) is 1. The molecule has 0 fully saturated rings. The number of benzene rings is 1. The number of nitrogens with one attached hydrogen (secondary N) is 1. The maximum absolute atomic E-state index is 12.9. The van der Waals surface area contributed by atoms with E-state index in [4.69, 9.17) is 5.84 Å². The molecular formula is C14H20F3N3O. The fourth-order valence-corrected chi connectivity index (χ4v) is 1.94. The smallest absolute Gasteiger partial charge is 0.341 e. The van der Waals surface area contributed by atoms with E-state index in [0.717, 1.165) is 18.6 Å². The second kappa shape index (κ2) is 6.80. The molecule has 0 heterocycles. The third-order valence-corrected chi connectivity index (χ3v) is 3.36. The molecule has 0 radical (unpaired) electrons. The molecule has 0 aliphatic rings. The standard InChI is InChI=1S/C14H20F3N3O/c1-4-9(2)8-20(3)13(21)10-5-6-12(19-18)11(7-10)14(15,16)17/h5-7,9,19H,4,8,18H2,1-3H3. The molecule has 7 heteroatoms. The number of carbonyl (C=O) groups is 1. The second-order valence-electron chi connectivity index (χ2n) is 5.10. The molecule has 0 aromatic heterocycles. The normalized spacial score (nSPS) is 12.9. The summed E-state index contributed by atoms with van der Waals surface area (Å²) in [5.41, 5.74) is 0.775. The Morgan fingerprint density at radius 3 is 2.52 bits per heavy atom. The summed E-state index contributed by atoms with van der Waals surface area (Å²) in [5.74, 6) is 4.91. The van der Waals surface area contributed by atoms with Crippen LogP contribution >= 0.6 is 0 Å². The lowest BCUT2D eigenvalue weighted by Gasteiger charge is -2.22. The number of anilines is 1. The number of carbonyl (C=O) groups excluding carboxylic acids is 1. The summed E-state index contributed by atoms with van der Waals surface area (Å²) in [5, 5.41) is 0. The van der Waals surface area contributed by atoms with E-state index in [-0.39, 0.29) is 17.2 Å². The van der Waals surface area contributed by atoms with Gasteiger partial charge in [0.25, 0.3) is 5.91 Å². The zero-order valence-electron chi connectivity index (χ0n) is 12.3. The molecular weight excluding hydrogens is 283 g/mol. The molecule has 1 unspecified atom stereocenters. The second-order valence-corrected chi connectivity index (χ2v) is 5.10. The minimum absolute atomic E-state index is 0.00729. The molecule has 0 bridgehead atoms. The van der Waals surface area contributed by atoms with E-state index < -0.39 is 17.6 Å². The number of amides is 1. The highest BCUT2D eigenvalue weighted by Crippen LogP contribution is 2.35. The van der Waals surface area contributed by atoms with E-state index in [1.165, 1.54) is 11.0 Å². The summed E-state index contributed by atoms with van der Waals surface area (Å²) in [4.78, 5) is 13.6. The van der Waals surface area contributed by atoms with Crippen LogP contribution in [-0.2, 0) is 6.18 Å². The summed E-state index contributed by atoms with van der Waals surface area (Å²) in [6.07, 6.45) is -3.69. The van der Waals surface area contributed by atoms with E-state index in [1.807, 2.05) is 19.3 Å². The van der Waals surface area contributed by atoms with E-state index in [2.05, 4.69) is 0 Å². The molecule has 0 spiro atoms. The molecule has 1 aromatic carbocycles. The first-order valence-electron chi connectivity index (χ1n) is 6.64. The molecule has 1 amide bonds. The van der Waals surface area contributed by atoms with Crippen molar-refractivity contribution in [2.24, 2.45) is 11.8 Å². The van der Waals surface area contributed by atoms with Crippen LogP contribution < -0.4 is 11.3 Å². The lowest BCUT2D eigenvalue weighted by molar-refractivity contribution is -0.137. The van der Waals surface area contributed by atoms with Crippen LogP contribution in [0.5, 0.6) is 0 Å². The van der Waals surface area contributed by atoms with E-state index in [1.54, 1.807) is 7.05 Å². The van der Waals surface area contributed by atoms with Gasteiger partial charge in [0.2, 0.25) is 0 Å². The first kappa shape index (κ1) is 17.3. The highest BCUT2D eigenvalue weighted by atomic mass is 19.4. The SMILES string of the molecule is CCC(C)CN(C)C(=O)c1ccc(NN)c(C(F)(F)F)c1. The van der Waals surface area contributed by atoms with Crippen molar-refractivity contribution in [2.75, 3.05) is 19.0 Å². The van der Waals surface area contributed by atoms with Crippen molar-refractivity contribution in [1.82, 2.24) is 4.90 Å². The number of hydrogen-bond donors (Lipinski definition) is 2. The van der Waals surface area contributed by atoms with Crippen molar-refractivity contribution in [2.45, 2.75) is 26.4 Å². The van der Waals surface area contributed by atoms with E-state index in [0.29, 0.717) is 6.54 Å². The molecule has 1 rings (SSSR count). The van der Waals surface area contributed by atoms with E-state index in [9.17, 15) is 18.0 Å². The zero-order valence-corrected chi connectivity index (χ0v) is 12.3. The predicted molar refractivity (Wildman–Crippen MR) is 75.7 cm³/mol.